The Bertz CT molecular complexity index is 1610. The molecule has 0 bridgehead atoms. The molecule has 0 aliphatic carbocycles. The quantitative estimate of drug-likeness (QED) is 0.255. The van der Waals surface area contributed by atoms with Crippen LogP contribution in [0.3, 0.4) is 0 Å². The zero-order valence-corrected chi connectivity index (χ0v) is 20.0. The molecule has 0 saturated carbocycles. The number of amides is 2. The molecular weight excluding hydrogens is 518 g/mol. The SMILES string of the molecule is Nc1ncc(F)cc1-c1ccc(Oc2ncc(NC(=O)Nc3cc(Cl)ccc3-n3cc(F)cn3)cn2)cc1. The van der Waals surface area contributed by atoms with Crippen LogP contribution in [-0.2, 0) is 0 Å². The molecule has 3 aromatic heterocycles. The molecule has 2 amide bonds. The fourth-order valence-corrected chi connectivity index (χ4v) is 3.62. The summed E-state index contributed by atoms with van der Waals surface area (Å²) in [4.78, 5) is 24.6. The standard InChI is InChI=1S/C25H17ClF2N8O2/c26-15-3-6-22(36-13-17(28)10-33-36)21(7-15)35-24(37)34-18-11-31-25(32-12-18)38-19-4-1-14(2-5-19)20-8-16(27)9-30-23(20)29/h1-13H,(H2,29,30)(H2,34,35,37). The summed E-state index contributed by atoms with van der Waals surface area (Å²) in [6, 6.07) is 12.1. The summed E-state index contributed by atoms with van der Waals surface area (Å²) in [5, 5.41) is 9.52. The molecule has 0 atom stereocenters. The Morgan fingerprint density at radius 1 is 0.921 bits per heavy atom. The van der Waals surface area contributed by atoms with Gasteiger partial charge in [0, 0.05) is 10.6 Å². The van der Waals surface area contributed by atoms with E-state index in [1.165, 1.54) is 35.4 Å². The van der Waals surface area contributed by atoms with Crippen LogP contribution in [0.15, 0.2) is 79.5 Å². The number of hydrogen-bond acceptors (Lipinski definition) is 7. The third-order valence-electron chi connectivity index (χ3n) is 5.15. The molecule has 4 N–H and O–H groups in total. The summed E-state index contributed by atoms with van der Waals surface area (Å²) < 4.78 is 33.8. The zero-order chi connectivity index (χ0) is 26.6. The summed E-state index contributed by atoms with van der Waals surface area (Å²) >= 11 is 6.06. The molecule has 10 nitrogen and oxygen atoms in total. The summed E-state index contributed by atoms with van der Waals surface area (Å²) in [7, 11) is 0. The van der Waals surface area contributed by atoms with Gasteiger partial charge >= 0.3 is 12.0 Å². The summed E-state index contributed by atoms with van der Waals surface area (Å²) in [5.41, 5.74) is 7.95. The number of anilines is 3. The van der Waals surface area contributed by atoms with Gasteiger partial charge in [0.1, 0.15) is 17.4 Å². The first-order chi connectivity index (χ1) is 18.3. The first-order valence-corrected chi connectivity index (χ1v) is 11.3. The van der Waals surface area contributed by atoms with Gasteiger partial charge in [0.25, 0.3) is 0 Å². The summed E-state index contributed by atoms with van der Waals surface area (Å²) in [6.07, 6.45) is 5.98. The van der Waals surface area contributed by atoms with E-state index in [2.05, 4.69) is 30.7 Å². The Labute approximate surface area is 219 Å². The molecule has 2 aromatic carbocycles. The second kappa shape index (κ2) is 10.5. The van der Waals surface area contributed by atoms with E-state index >= 15 is 0 Å². The minimum atomic E-state index is -0.611. The van der Waals surface area contributed by atoms with Crippen LogP contribution in [-0.4, -0.2) is 30.8 Å². The lowest BCUT2D eigenvalue weighted by atomic mass is 10.1. The highest BCUT2D eigenvalue weighted by atomic mass is 35.5. The Morgan fingerprint density at radius 3 is 2.39 bits per heavy atom. The Balaban J connectivity index is 1.23. The molecule has 0 spiro atoms. The third-order valence-corrected chi connectivity index (χ3v) is 5.39. The van der Waals surface area contributed by atoms with E-state index in [-0.39, 0.29) is 17.5 Å². The number of nitrogens with one attached hydrogen (secondary N) is 2. The van der Waals surface area contributed by atoms with E-state index in [9.17, 15) is 13.6 Å². The van der Waals surface area contributed by atoms with Gasteiger partial charge in [-0.3, -0.25) is 0 Å². The molecule has 0 unspecified atom stereocenters. The van der Waals surface area contributed by atoms with Crippen molar-refractivity contribution in [2.45, 2.75) is 0 Å². The molecule has 0 fully saturated rings. The molecular formula is C25H17ClF2N8O2. The van der Waals surface area contributed by atoms with E-state index in [4.69, 9.17) is 22.1 Å². The van der Waals surface area contributed by atoms with Crippen molar-refractivity contribution in [3.63, 3.8) is 0 Å². The molecule has 38 heavy (non-hydrogen) atoms. The van der Waals surface area contributed by atoms with Gasteiger partial charge in [-0.15, -0.1) is 0 Å². The molecule has 0 radical (unpaired) electrons. The molecule has 190 valence electrons. The minimum absolute atomic E-state index is 0.0356. The molecule has 3 heterocycles. The van der Waals surface area contributed by atoms with Crippen molar-refractivity contribution in [1.82, 2.24) is 24.7 Å². The van der Waals surface area contributed by atoms with E-state index < -0.39 is 17.7 Å². The average molecular weight is 535 g/mol. The Hall–Kier alpha value is -5.10. The van der Waals surface area contributed by atoms with Crippen LogP contribution >= 0.6 is 11.6 Å². The van der Waals surface area contributed by atoms with Gasteiger partial charge in [-0.25, -0.2) is 33.2 Å². The van der Waals surface area contributed by atoms with Crippen LogP contribution in [0, 0.1) is 11.6 Å². The number of nitrogens with zero attached hydrogens (tertiary/aromatic N) is 5. The van der Waals surface area contributed by atoms with Gasteiger partial charge in [-0.05, 0) is 42.0 Å². The maximum absolute atomic E-state index is 13.5. The van der Waals surface area contributed by atoms with Crippen molar-refractivity contribution < 1.29 is 18.3 Å². The number of carbonyl (C=O) groups excluding carboxylic acids is 1. The lowest BCUT2D eigenvalue weighted by Crippen LogP contribution is -2.20. The molecule has 0 aliphatic heterocycles. The van der Waals surface area contributed by atoms with Crippen molar-refractivity contribution in [2.75, 3.05) is 16.4 Å². The van der Waals surface area contributed by atoms with E-state index in [1.54, 1.807) is 36.4 Å². The number of aromatic nitrogens is 5. The summed E-state index contributed by atoms with van der Waals surface area (Å²) in [5.74, 6) is -0.387. The zero-order valence-electron chi connectivity index (χ0n) is 19.3. The highest BCUT2D eigenvalue weighted by Crippen LogP contribution is 2.28. The first kappa shape index (κ1) is 24.6. The second-order valence-electron chi connectivity index (χ2n) is 7.81. The smallest absolute Gasteiger partial charge is 0.323 e. The van der Waals surface area contributed by atoms with Gasteiger partial charge in [0.15, 0.2) is 5.82 Å². The largest absolute Gasteiger partial charge is 0.424 e. The van der Waals surface area contributed by atoms with Crippen molar-refractivity contribution in [3.8, 4) is 28.6 Å². The van der Waals surface area contributed by atoms with Crippen LogP contribution in [0.4, 0.5) is 30.8 Å². The first-order valence-electron chi connectivity index (χ1n) is 10.9. The molecule has 13 heteroatoms. The van der Waals surface area contributed by atoms with Crippen LogP contribution in [0.5, 0.6) is 11.8 Å². The fraction of sp³-hybridized carbons (Fsp3) is 0. The van der Waals surface area contributed by atoms with Gasteiger partial charge in [-0.1, -0.05) is 23.7 Å². The fourth-order valence-electron chi connectivity index (χ4n) is 3.45. The number of carbonyl (C=O) groups is 1. The lowest BCUT2D eigenvalue weighted by Gasteiger charge is -2.12. The van der Waals surface area contributed by atoms with Gasteiger partial charge in [0.2, 0.25) is 0 Å². The van der Waals surface area contributed by atoms with Crippen molar-refractivity contribution >= 4 is 34.8 Å². The van der Waals surface area contributed by atoms with Crippen LogP contribution in [0.1, 0.15) is 0 Å². The summed E-state index contributed by atoms with van der Waals surface area (Å²) in [6.45, 7) is 0. The minimum Gasteiger partial charge on any atom is -0.424 e. The van der Waals surface area contributed by atoms with E-state index in [0.29, 0.717) is 33.3 Å². The Morgan fingerprint density at radius 2 is 1.68 bits per heavy atom. The van der Waals surface area contributed by atoms with Gasteiger partial charge in [0.05, 0.1) is 48.0 Å². The number of rotatable bonds is 6. The normalized spacial score (nSPS) is 10.7. The average Bonchev–Trinajstić information content (AvgIpc) is 3.33. The number of hydrogen-bond donors (Lipinski definition) is 3. The van der Waals surface area contributed by atoms with Crippen molar-refractivity contribution in [2.24, 2.45) is 0 Å². The maximum Gasteiger partial charge on any atom is 0.323 e. The monoisotopic (exact) mass is 534 g/mol. The molecule has 0 saturated heterocycles. The number of nitrogens with two attached hydrogens (primary N) is 1. The predicted octanol–water partition coefficient (Wildman–Crippen LogP) is 5.67. The predicted molar refractivity (Wildman–Crippen MR) is 137 cm³/mol. The van der Waals surface area contributed by atoms with E-state index in [0.717, 1.165) is 12.4 Å². The van der Waals surface area contributed by atoms with Crippen molar-refractivity contribution in [3.05, 3.63) is 96.2 Å². The topological polar surface area (TPSA) is 133 Å². The third kappa shape index (κ3) is 5.65. The Kier molecular flexibility index (Phi) is 6.78. The molecule has 0 aliphatic rings. The number of ether oxygens (including phenoxy) is 1. The van der Waals surface area contributed by atoms with Crippen LogP contribution < -0.4 is 21.1 Å². The number of urea groups is 1. The van der Waals surface area contributed by atoms with Crippen LogP contribution in [0.25, 0.3) is 16.8 Å². The number of benzene rings is 2. The number of halogens is 3. The lowest BCUT2D eigenvalue weighted by molar-refractivity contribution is 0.262. The maximum atomic E-state index is 13.5. The van der Waals surface area contributed by atoms with Gasteiger partial charge in [-0.2, -0.15) is 5.10 Å². The van der Waals surface area contributed by atoms with Crippen molar-refractivity contribution in [1.29, 1.82) is 0 Å². The molecule has 5 aromatic rings. The number of pyridine rings is 1. The highest BCUT2D eigenvalue weighted by Gasteiger charge is 2.12. The second-order valence-corrected chi connectivity index (χ2v) is 8.25. The van der Waals surface area contributed by atoms with Crippen LogP contribution in [0.2, 0.25) is 5.02 Å². The van der Waals surface area contributed by atoms with E-state index in [1.807, 2.05) is 0 Å². The number of nitrogen functional groups attached to an aromatic ring is 1. The highest BCUT2D eigenvalue weighted by molar-refractivity contribution is 6.31. The van der Waals surface area contributed by atoms with Gasteiger partial charge < -0.3 is 21.1 Å². The molecule has 5 rings (SSSR count).